The van der Waals surface area contributed by atoms with Crippen LogP contribution in [-0.2, 0) is 57.6 Å². The number of aromatic amines is 2. The van der Waals surface area contributed by atoms with Gasteiger partial charge in [0.05, 0.1) is 23.7 Å². The van der Waals surface area contributed by atoms with Gasteiger partial charge in [0.15, 0.2) is 5.96 Å². The number of carbonyl (C=O) groups is 8. The topological polar surface area (TPSA) is 363 Å². The minimum Gasteiger partial charge on any atom is -0.370 e. The van der Waals surface area contributed by atoms with Crippen LogP contribution in [0.2, 0.25) is 0 Å². The number of benzene rings is 2. The summed E-state index contributed by atoms with van der Waals surface area (Å²) in [6.45, 7) is 3.71. The van der Waals surface area contributed by atoms with E-state index in [-0.39, 0.29) is 82.5 Å². The van der Waals surface area contributed by atoms with Crippen molar-refractivity contribution >= 4 is 64.1 Å². The first kappa shape index (κ1) is 55.6. The molecular weight excluding hydrogens is 939 g/mol. The summed E-state index contributed by atoms with van der Waals surface area (Å²) in [7, 11) is 0. The van der Waals surface area contributed by atoms with Gasteiger partial charge in [0.25, 0.3) is 0 Å². The van der Waals surface area contributed by atoms with Gasteiger partial charge in [0, 0.05) is 75.5 Å². The molecule has 0 spiro atoms. The fraction of sp³-hybridized carbons (Fsp3) is 0.460. The zero-order valence-corrected chi connectivity index (χ0v) is 41.2. The summed E-state index contributed by atoms with van der Waals surface area (Å²) in [5.41, 5.74) is 8.00. The van der Waals surface area contributed by atoms with Crippen LogP contribution in [0, 0.1) is 16.7 Å². The molecule has 8 amide bonds. The van der Waals surface area contributed by atoms with Crippen molar-refractivity contribution in [3.63, 3.8) is 0 Å². The lowest BCUT2D eigenvalue weighted by molar-refractivity contribution is -0.135. The zero-order valence-electron chi connectivity index (χ0n) is 41.2. The van der Waals surface area contributed by atoms with E-state index in [1.807, 2.05) is 31.2 Å². The van der Waals surface area contributed by atoms with Crippen LogP contribution in [0.3, 0.4) is 0 Å². The van der Waals surface area contributed by atoms with Crippen LogP contribution in [0.4, 0.5) is 0 Å². The standard InChI is InChI=1S/C50H67N15O8/c1-3-4-15-37(60-30(2)66)45(69)62-39-18-19-43(67)55-20-9-10-21-56-44(68)40(24-33-27-58-36-16-8-7-14-35(33)36)63-46(70)38(17-11-22-57-50(52)53)61-48(72)41(23-31-12-5-6-13-32(31)26-51)64-49(73)42(65-47(39)71)25-34-28-54-29-59-34/h5-8,12-14,16,27-29,37-42,58H,3-4,9-11,15,17-25H2,1-2H3,(H,54,59)(H,55,67)(H,56,68)(H,60,66)(H,61,72)(H,62,69)(H,63,70)(H,64,73)(H,65,71)(H4,52,53,57)/t37-,38-,39-,40-,41+,42-/m0/s1. The number of unbranched alkanes of at least 4 members (excludes halogenated alkanes) is 1. The quantitative estimate of drug-likeness (QED) is 0.0400. The number of guanidine groups is 1. The summed E-state index contributed by atoms with van der Waals surface area (Å²) in [6, 6.07) is 8.20. The number of nitrogens with zero attached hydrogens (tertiary/aromatic N) is 2. The molecule has 0 radical (unpaired) electrons. The van der Waals surface area contributed by atoms with E-state index in [2.05, 4.69) is 68.9 Å². The van der Waals surface area contributed by atoms with Gasteiger partial charge in [-0.3, -0.25) is 43.8 Å². The van der Waals surface area contributed by atoms with Gasteiger partial charge in [0.1, 0.15) is 36.3 Å². The van der Waals surface area contributed by atoms with E-state index in [1.165, 1.54) is 19.4 Å². The SMILES string of the molecule is CCCC[C@H](NC(C)=O)C(=O)N[C@H]1CCC(=O)NCCCCNC(=O)[C@H](Cc2c[nH]c3ccccc23)NC(=O)[C@H](CCCNC(=N)N)NC(=O)[C@@H](Cc2ccccc2C#N)NC(=O)[C@H](Cc2c[nH]cn2)NC1=O. The predicted molar refractivity (Wildman–Crippen MR) is 270 cm³/mol. The molecule has 390 valence electrons. The maximum Gasteiger partial charge on any atom is 0.243 e. The summed E-state index contributed by atoms with van der Waals surface area (Å²) >= 11 is 0. The number of aromatic nitrogens is 3. The number of hydrogen-bond donors (Lipinski definition) is 13. The van der Waals surface area contributed by atoms with Crippen LogP contribution in [0.15, 0.2) is 67.3 Å². The Morgan fingerprint density at radius 2 is 1.45 bits per heavy atom. The van der Waals surface area contributed by atoms with Gasteiger partial charge in [-0.05, 0) is 61.8 Å². The largest absolute Gasteiger partial charge is 0.370 e. The number of nitriles is 1. The van der Waals surface area contributed by atoms with E-state index in [4.69, 9.17) is 11.1 Å². The predicted octanol–water partition coefficient (Wildman–Crippen LogP) is -0.0208. The highest BCUT2D eigenvalue weighted by atomic mass is 16.2. The van der Waals surface area contributed by atoms with Crippen molar-refractivity contribution in [2.45, 2.75) is 127 Å². The lowest BCUT2D eigenvalue weighted by Crippen LogP contribution is -2.60. The van der Waals surface area contributed by atoms with Crippen LogP contribution < -0.4 is 53.6 Å². The minimum absolute atomic E-state index is 0.0212. The van der Waals surface area contributed by atoms with E-state index in [0.717, 1.165) is 16.5 Å². The van der Waals surface area contributed by atoms with Gasteiger partial charge in [-0.1, -0.05) is 56.2 Å². The van der Waals surface area contributed by atoms with Crippen molar-refractivity contribution in [1.82, 2.24) is 62.8 Å². The number of nitrogens with two attached hydrogens (primary N) is 1. The first-order chi connectivity index (χ1) is 35.1. The molecule has 1 saturated heterocycles. The molecule has 0 unspecified atom stereocenters. The Morgan fingerprint density at radius 1 is 0.808 bits per heavy atom. The molecule has 23 nitrogen and oxygen atoms in total. The number of fused-ring (bicyclic) bond motifs is 1. The molecule has 23 heteroatoms. The summed E-state index contributed by atoms with van der Waals surface area (Å²) in [4.78, 5) is 122. The van der Waals surface area contributed by atoms with Gasteiger partial charge >= 0.3 is 0 Å². The molecule has 5 rings (SSSR count). The molecule has 2 aromatic carbocycles. The highest BCUT2D eigenvalue weighted by molar-refractivity contribution is 5.97. The fourth-order valence-electron chi connectivity index (χ4n) is 8.31. The number of H-pyrrole nitrogens is 2. The van der Waals surface area contributed by atoms with Crippen molar-refractivity contribution in [2.75, 3.05) is 19.6 Å². The minimum atomic E-state index is -1.49. The number of hydrogen-bond acceptors (Lipinski definition) is 11. The number of nitrogens with one attached hydrogen (secondary N) is 12. The second-order valence-electron chi connectivity index (χ2n) is 17.9. The second-order valence-corrected chi connectivity index (χ2v) is 17.9. The van der Waals surface area contributed by atoms with Crippen molar-refractivity contribution < 1.29 is 38.4 Å². The van der Waals surface area contributed by atoms with Gasteiger partial charge in [-0.15, -0.1) is 0 Å². The zero-order chi connectivity index (χ0) is 52.7. The maximum atomic E-state index is 14.7. The Bertz CT molecular complexity index is 2590. The van der Waals surface area contributed by atoms with Crippen LogP contribution in [0.25, 0.3) is 10.9 Å². The monoisotopic (exact) mass is 1010 g/mol. The van der Waals surface area contributed by atoms with Crippen molar-refractivity contribution in [2.24, 2.45) is 5.73 Å². The van der Waals surface area contributed by atoms with Gasteiger partial charge in [0.2, 0.25) is 47.3 Å². The van der Waals surface area contributed by atoms with Crippen LogP contribution >= 0.6 is 0 Å². The molecule has 0 aliphatic carbocycles. The molecular formula is C50H67N15O8. The van der Waals surface area contributed by atoms with Crippen molar-refractivity contribution in [1.29, 1.82) is 10.7 Å². The highest BCUT2D eigenvalue weighted by Gasteiger charge is 2.35. The molecule has 0 saturated carbocycles. The number of rotatable bonds is 16. The fourth-order valence-corrected chi connectivity index (χ4v) is 8.31. The summed E-state index contributed by atoms with van der Waals surface area (Å²) < 4.78 is 0. The second kappa shape index (κ2) is 28.5. The lowest BCUT2D eigenvalue weighted by Gasteiger charge is -2.28. The normalized spacial score (nSPS) is 20.4. The average Bonchev–Trinajstić information content (AvgIpc) is 4.04. The Balaban J connectivity index is 1.53. The number of amides is 8. The molecule has 73 heavy (non-hydrogen) atoms. The van der Waals surface area contributed by atoms with Crippen LogP contribution in [0.1, 0.15) is 94.0 Å². The number of imidazole rings is 1. The Labute approximate surface area is 423 Å². The van der Waals surface area contributed by atoms with Gasteiger partial charge < -0.3 is 63.6 Å². The molecule has 6 atom stereocenters. The average molecular weight is 1010 g/mol. The van der Waals surface area contributed by atoms with E-state index in [0.29, 0.717) is 36.9 Å². The molecule has 2 aromatic heterocycles. The van der Waals surface area contributed by atoms with E-state index in [1.54, 1.807) is 30.5 Å². The highest BCUT2D eigenvalue weighted by Crippen LogP contribution is 2.20. The third-order valence-corrected chi connectivity index (χ3v) is 12.2. The third-order valence-electron chi connectivity index (χ3n) is 12.2. The Hall–Kier alpha value is -8.29. The Morgan fingerprint density at radius 3 is 2.15 bits per heavy atom. The van der Waals surface area contributed by atoms with E-state index < -0.39 is 83.5 Å². The molecule has 1 fully saturated rings. The lowest BCUT2D eigenvalue weighted by atomic mass is 9.98. The van der Waals surface area contributed by atoms with Gasteiger partial charge in [-0.25, -0.2) is 4.98 Å². The molecule has 1 aliphatic rings. The van der Waals surface area contributed by atoms with Gasteiger partial charge in [-0.2, -0.15) is 5.26 Å². The summed E-state index contributed by atoms with van der Waals surface area (Å²) in [5, 5.41) is 43.2. The van der Waals surface area contributed by atoms with E-state index >= 15 is 0 Å². The first-order valence-corrected chi connectivity index (χ1v) is 24.6. The molecule has 14 N–H and O–H groups in total. The number of carbonyl (C=O) groups excluding carboxylic acids is 8. The summed E-state index contributed by atoms with van der Waals surface area (Å²) in [6.07, 6.45) is 6.38. The van der Waals surface area contributed by atoms with Crippen molar-refractivity contribution in [3.05, 3.63) is 89.6 Å². The van der Waals surface area contributed by atoms with E-state index in [9.17, 15) is 43.6 Å². The molecule has 0 bridgehead atoms. The third kappa shape index (κ3) is 17.8. The smallest absolute Gasteiger partial charge is 0.243 e. The Kier molecular flexibility index (Phi) is 21.7. The van der Waals surface area contributed by atoms with Crippen LogP contribution in [0.5, 0.6) is 0 Å². The van der Waals surface area contributed by atoms with Crippen LogP contribution in [-0.4, -0.2) is 124 Å². The number of para-hydroxylation sites is 1. The first-order valence-electron chi connectivity index (χ1n) is 24.6. The molecule has 1 aliphatic heterocycles. The summed E-state index contributed by atoms with van der Waals surface area (Å²) in [5.74, 6) is -5.72. The van der Waals surface area contributed by atoms with Crippen molar-refractivity contribution in [3.8, 4) is 6.07 Å². The molecule has 4 aromatic rings. The maximum absolute atomic E-state index is 14.7. The molecule has 3 heterocycles.